The lowest BCUT2D eigenvalue weighted by molar-refractivity contribution is -0.411. The molecule has 32 heteroatoms. The van der Waals surface area contributed by atoms with Crippen LogP contribution >= 0.6 is 0 Å². The molecule has 32 nitrogen and oxygen atoms in total. The van der Waals surface area contributed by atoms with Crippen molar-refractivity contribution in [3.8, 4) is 0 Å². The maximum atomic E-state index is 15.1. The van der Waals surface area contributed by atoms with Crippen LogP contribution in [0, 0.1) is 52.3 Å². The Morgan fingerprint density at radius 3 is 1.63 bits per heavy atom. The third-order valence-corrected chi connectivity index (χ3v) is 23.6. The van der Waals surface area contributed by atoms with Crippen molar-refractivity contribution in [3.05, 3.63) is 0 Å². The highest BCUT2D eigenvalue weighted by atomic mass is 16.8. The van der Waals surface area contributed by atoms with E-state index in [0.29, 0.717) is 12.8 Å². The van der Waals surface area contributed by atoms with Crippen molar-refractivity contribution in [1.29, 1.82) is 0 Å². The van der Waals surface area contributed by atoms with Gasteiger partial charge in [0, 0.05) is 25.9 Å². The van der Waals surface area contributed by atoms with E-state index in [9.17, 15) is 86.8 Å². The van der Waals surface area contributed by atoms with Crippen LogP contribution in [0.2, 0.25) is 0 Å². The molecule has 17 N–H and O–H groups in total. The molecule has 4 saturated carbocycles. The second-order valence-electron chi connectivity index (χ2n) is 29.1. The lowest BCUT2D eigenvalue weighted by atomic mass is 9.44. The highest BCUT2D eigenvalue weighted by molar-refractivity contribution is 5.84. The molecular formula is C62H102O32. The smallest absolute Gasteiger partial charge is 0.187 e. The maximum Gasteiger partial charge on any atom is 0.187 e. The average Bonchev–Trinajstić information content (AvgIpc) is 1.66. The van der Waals surface area contributed by atoms with Gasteiger partial charge in [-0.25, -0.2) is 0 Å². The Balaban J connectivity index is 0.811. The molecule has 0 bridgehead atoms. The summed E-state index contributed by atoms with van der Waals surface area (Å²) in [6.45, 7) is 6.62. The van der Waals surface area contributed by atoms with Crippen LogP contribution < -0.4 is 0 Å². The summed E-state index contributed by atoms with van der Waals surface area (Å²) in [5.74, 6) is -0.505. The molecule has 7 heterocycles. The lowest BCUT2D eigenvalue weighted by Gasteiger charge is -2.61. The Kier molecular flexibility index (Phi) is 23.0. The number of hydrogen-bond acceptors (Lipinski definition) is 32. The number of aliphatic hydroxyl groups is 17. The molecule has 7 aliphatic heterocycles. The minimum Gasteiger partial charge on any atom is -0.394 e. The van der Waals surface area contributed by atoms with Crippen LogP contribution in [-0.2, 0) is 71.1 Å². The third kappa shape index (κ3) is 13.5. The summed E-state index contributed by atoms with van der Waals surface area (Å²) in [5.41, 5.74) is -0.613. The largest absolute Gasteiger partial charge is 0.394 e. The van der Waals surface area contributed by atoms with Crippen LogP contribution in [0.25, 0.3) is 0 Å². The van der Waals surface area contributed by atoms with Crippen LogP contribution in [0.4, 0.5) is 0 Å². The molecule has 0 amide bonds. The van der Waals surface area contributed by atoms with Gasteiger partial charge in [-0.1, -0.05) is 27.7 Å². The summed E-state index contributed by atoms with van der Waals surface area (Å²) in [4.78, 5) is 15.1. The molecular weight excluding hydrogens is 1260 g/mol. The van der Waals surface area contributed by atoms with Gasteiger partial charge in [0.15, 0.2) is 49.3 Å². The summed E-state index contributed by atoms with van der Waals surface area (Å²) in [5, 5.41) is 183. The van der Waals surface area contributed by atoms with Gasteiger partial charge in [0.05, 0.1) is 51.8 Å². The van der Waals surface area contributed by atoms with Gasteiger partial charge in [0.25, 0.3) is 0 Å². The van der Waals surface area contributed by atoms with Crippen molar-refractivity contribution < 1.29 is 158 Å². The number of fused-ring (bicyclic) bond motifs is 7. The number of ether oxygens (including phenoxy) is 14. The number of carbonyl (C=O) groups excluding carboxylic acids is 1. The van der Waals surface area contributed by atoms with Gasteiger partial charge in [0.1, 0.15) is 134 Å². The molecule has 94 heavy (non-hydrogen) atoms. The fourth-order valence-corrected chi connectivity index (χ4v) is 18.1. The van der Waals surface area contributed by atoms with Crippen molar-refractivity contribution in [1.82, 2.24) is 0 Å². The van der Waals surface area contributed by atoms with Gasteiger partial charge in [-0.2, -0.15) is 0 Å². The van der Waals surface area contributed by atoms with Gasteiger partial charge in [-0.05, 0) is 98.2 Å². The standard InChI is InChI=1S/C62H102O32/c1-22(19-82-54-48(79)45(76)41(72)34(16-63)87-54)9-12-62(81-6)23(2)37-33(94-62)14-28-26-8-7-25-13-32(29(66)15-61(25,5)27(26)10-11-60(28,37)4)86-58-52(93-57-49(80)44(75)38(69)24(3)85-57)51(43(74)35(17-64)88-58)91-59-53(92-56-47(78)40(71)31(68)21-84-56)50(42(73)36(18-65)89-59)90-55-46(77)39(70)30(67)20-83-55/h22-28,30-59,63-65,67-80H,7-21H2,1-6H3/t22-,23+,24+,25+,26-,27+,28-,30-,31+,32-,33-,34-,35-,36-,37+,38+,39+,40+,41-,42-,43-,44-,45+,46-,47-,48-,49-,50+,51+,52-,53-,54-,55+,56+,57+,58-,59+,60+,61+,62-/m1/s1. The van der Waals surface area contributed by atoms with Crippen molar-refractivity contribution in [2.75, 3.05) is 46.8 Å². The summed E-state index contributed by atoms with van der Waals surface area (Å²) in [6.07, 6.45) is -44.6. The van der Waals surface area contributed by atoms with E-state index in [2.05, 4.69) is 20.8 Å². The Morgan fingerprint density at radius 2 is 1.04 bits per heavy atom. The van der Waals surface area contributed by atoms with Crippen LogP contribution in [-0.4, -0.2) is 329 Å². The van der Waals surface area contributed by atoms with E-state index in [1.54, 1.807) is 7.11 Å². The van der Waals surface area contributed by atoms with E-state index in [-0.39, 0.29) is 78.2 Å². The summed E-state index contributed by atoms with van der Waals surface area (Å²) in [6, 6.07) is 0. The molecule has 0 aromatic carbocycles. The normalized spacial score (nSPS) is 54.9. The van der Waals surface area contributed by atoms with Crippen molar-refractivity contribution in [3.63, 3.8) is 0 Å². The predicted octanol–water partition coefficient (Wildman–Crippen LogP) is -6.17. The number of ketones is 1. The summed E-state index contributed by atoms with van der Waals surface area (Å²) < 4.78 is 86.1. The monoisotopic (exact) mass is 1360 g/mol. The molecule has 0 aromatic heterocycles. The number of methoxy groups -OCH3 is 1. The first-order chi connectivity index (χ1) is 44.5. The molecule has 11 fully saturated rings. The average molecular weight is 1360 g/mol. The fraction of sp³-hybridized carbons (Fsp3) is 0.984. The van der Waals surface area contributed by atoms with Crippen molar-refractivity contribution >= 4 is 5.78 Å². The van der Waals surface area contributed by atoms with Crippen LogP contribution in [0.1, 0.15) is 92.4 Å². The first-order valence-corrected chi connectivity index (χ1v) is 33.4. The fourth-order valence-electron chi connectivity index (χ4n) is 18.1. The highest BCUT2D eigenvalue weighted by Crippen LogP contribution is 2.71. The zero-order chi connectivity index (χ0) is 67.9. The molecule has 542 valence electrons. The molecule has 4 aliphatic carbocycles. The van der Waals surface area contributed by atoms with Gasteiger partial charge >= 0.3 is 0 Å². The first-order valence-electron chi connectivity index (χ1n) is 33.4. The quantitative estimate of drug-likeness (QED) is 0.0504. The molecule has 11 rings (SSSR count). The van der Waals surface area contributed by atoms with Crippen LogP contribution in [0.5, 0.6) is 0 Å². The summed E-state index contributed by atoms with van der Waals surface area (Å²) in [7, 11) is 1.67. The van der Waals surface area contributed by atoms with E-state index in [1.165, 1.54) is 6.92 Å². The molecule has 40 atom stereocenters. The lowest BCUT2D eigenvalue weighted by Crippen LogP contribution is -2.69. The highest BCUT2D eigenvalue weighted by Gasteiger charge is 2.70. The van der Waals surface area contributed by atoms with E-state index in [0.717, 1.165) is 32.1 Å². The SMILES string of the molecule is CO[C@]1(CC[C@@H](C)CO[C@@H]2O[C@H](CO)[C@@H](O)[C@H](O)[C@H]2O)O[C@@H]2C[C@@H]3[C@@H]4CC[C@H]5C[C@@H](O[C@@H]6O[C@H](CO)[C@@H](O)[C@H](O[C@@H]7O[C@H](CO)[C@@H](O)[C@H](O[C@@H]8OC[C@@H](O)[C@H](O)[C@H]8O)[C@H]7O[C@@H]7OC[C@H](O)[C@H](O)[C@H]7O)[C@H]6O[C@@H]6O[C@@H](C)[C@H](O)[C@@H](O)[C@H]6O)C(=O)C[C@]5(C)[C@H]4CC[C@]3(C)[C@H]2[C@@H]1C. The molecule has 0 radical (unpaired) electrons. The number of hydrogen-bond donors (Lipinski definition) is 17. The summed E-state index contributed by atoms with van der Waals surface area (Å²) >= 11 is 0. The number of Topliss-reactive ketones (excluding diaryl/α,β-unsaturated/α-hetero) is 1. The number of carbonyl (C=O) groups is 1. The topological polar surface area (TPSA) is 490 Å². The Hall–Kier alpha value is -1.57. The minimum atomic E-state index is -2.06. The number of rotatable bonds is 20. The van der Waals surface area contributed by atoms with Crippen molar-refractivity contribution in [2.45, 2.75) is 282 Å². The zero-order valence-electron chi connectivity index (χ0n) is 53.7. The van der Waals surface area contributed by atoms with Gasteiger partial charge < -0.3 is 153 Å². The molecule has 0 aromatic rings. The minimum absolute atomic E-state index is 0.00548. The van der Waals surface area contributed by atoms with Crippen molar-refractivity contribution in [2.24, 2.45) is 52.3 Å². The third-order valence-electron chi connectivity index (χ3n) is 23.6. The van der Waals surface area contributed by atoms with E-state index in [4.69, 9.17) is 66.3 Å². The van der Waals surface area contributed by atoms with Gasteiger partial charge in [0.2, 0.25) is 0 Å². The van der Waals surface area contributed by atoms with Gasteiger partial charge in [-0.15, -0.1) is 0 Å². The van der Waals surface area contributed by atoms with Crippen LogP contribution in [0.3, 0.4) is 0 Å². The Bertz CT molecular complexity index is 2490. The maximum absolute atomic E-state index is 15.1. The first kappa shape index (κ1) is 73.6. The Labute approximate surface area is 543 Å². The molecule has 0 unspecified atom stereocenters. The van der Waals surface area contributed by atoms with E-state index < -0.39 is 222 Å². The van der Waals surface area contributed by atoms with Gasteiger partial charge in [-0.3, -0.25) is 4.79 Å². The second-order valence-corrected chi connectivity index (χ2v) is 29.1. The zero-order valence-corrected chi connectivity index (χ0v) is 53.7. The molecule has 11 aliphatic rings. The molecule has 0 spiro atoms. The number of aliphatic hydroxyl groups excluding tert-OH is 17. The van der Waals surface area contributed by atoms with E-state index in [1.807, 2.05) is 6.92 Å². The Morgan fingerprint density at radius 1 is 0.532 bits per heavy atom. The predicted molar refractivity (Wildman–Crippen MR) is 309 cm³/mol. The molecule has 7 saturated heterocycles. The van der Waals surface area contributed by atoms with E-state index >= 15 is 4.79 Å². The van der Waals surface area contributed by atoms with Crippen LogP contribution in [0.15, 0.2) is 0 Å². The second kappa shape index (κ2) is 29.4.